The number of hydrogen-bond acceptors (Lipinski definition) is 4. The van der Waals surface area contributed by atoms with Crippen LogP contribution in [-0.2, 0) is 4.84 Å². The lowest BCUT2D eigenvalue weighted by Gasteiger charge is -2.16. The monoisotopic (exact) mass is 247 g/mol. The number of hydrogen-bond donors (Lipinski definition) is 1. The molecule has 2 fully saturated rings. The lowest BCUT2D eigenvalue weighted by atomic mass is 10.0. The minimum absolute atomic E-state index is 0.160. The molecule has 4 heteroatoms. The van der Waals surface area contributed by atoms with Gasteiger partial charge in [0.05, 0.1) is 11.7 Å². The smallest absolute Gasteiger partial charge is 0.357 e. The lowest BCUT2D eigenvalue weighted by molar-refractivity contribution is -0.0993. The van der Waals surface area contributed by atoms with E-state index in [0.29, 0.717) is 17.4 Å². The summed E-state index contributed by atoms with van der Waals surface area (Å²) < 4.78 is 0. The number of benzene rings is 1. The van der Waals surface area contributed by atoms with Crippen LogP contribution in [0, 0.1) is 11.8 Å². The molecule has 1 aromatic rings. The Morgan fingerprint density at radius 2 is 1.78 bits per heavy atom. The third kappa shape index (κ3) is 2.26. The van der Waals surface area contributed by atoms with Crippen molar-refractivity contribution in [3.63, 3.8) is 0 Å². The van der Waals surface area contributed by atoms with Crippen LogP contribution in [-0.4, -0.2) is 35.3 Å². The molecule has 0 unspecified atom stereocenters. The summed E-state index contributed by atoms with van der Waals surface area (Å²) in [5.41, 5.74) is 0.578. The van der Waals surface area contributed by atoms with Gasteiger partial charge in [0.15, 0.2) is 0 Å². The van der Waals surface area contributed by atoms with Gasteiger partial charge in [-0.2, -0.15) is 0 Å². The maximum atomic E-state index is 11.9. The summed E-state index contributed by atoms with van der Waals surface area (Å²) in [5.74, 6) is 0.656. The first-order chi connectivity index (χ1) is 8.72. The lowest BCUT2D eigenvalue weighted by Crippen LogP contribution is -2.27. The van der Waals surface area contributed by atoms with Gasteiger partial charge in [0.25, 0.3) is 0 Å². The second-order valence-electron chi connectivity index (χ2n) is 5.24. The normalized spacial score (nSPS) is 31.3. The van der Waals surface area contributed by atoms with Crippen LogP contribution in [0.15, 0.2) is 30.3 Å². The number of aliphatic hydroxyl groups excluding tert-OH is 1. The van der Waals surface area contributed by atoms with Crippen LogP contribution in [0.25, 0.3) is 0 Å². The highest BCUT2D eigenvalue weighted by molar-refractivity contribution is 5.89. The van der Waals surface area contributed by atoms with Crippen molar-refractivity contribution in [1.29, 1.82) is 0 Å². The molecule has 1 aliphatic carbocycles. The van der Waals surface area contributed by atoms with Gasteiger partial charge < -0.3 is 9.94 Å². The molecule has 1 N–H and O–H groups in total. The van der Waals surface area contributed by atoms with Gasteiger partial charge in [-0.1, -0.05) is 18.2 Å². The number of hydroxylamine groups is 2. The maximum Gasteiger partial charge on any atom is 0.357 e. The van der Waals surface area contributed by atoms with Crippen molar-refractivity contribution in [2.75, 3.05) is 13.1 Å². The summed E-state index contributed by atoms with van der Waals surface area (Å²) in [7, 11) is 0. The highest BCUT2D eigenvalue weighted by atomic mass is 16.7. The third-order valence-corrected chi connectivity index (χ3v) is 3.91. The summed E-state index contributed by atoms with van der Waals surface area (Å²) in [6, 6.07) is 9.03. The fraction of sp³-hybridized carbons (Fsp3) is 0.500. The second-order valence-corrected chi connectivity index (χ2v) is 5.24. The average molecular weight is 247 g/mol. The zero-order valence-corrected chi connectivity index (χ0v) is 10.2. The standard InChI is InChI=1S/C14H17NO3/c16-13-6-11-8-15(9-12(11)7-13)18-14(17)10-4-2-1-3-5-10/h1-5,11-13,16H,6-9H2/t11-,12+,13+. The van der Waals surface area contributed by atoms with E-state index in [1.807, 2.05) is 18.2 Å². The fourth-order valence-corrected chi connectivity index (χ4v) is 3.04. The Balaban J connectivity index is 1.58. The SMILES string of the molecule is O=C(ON1C[C@H]2C[C@H](O)C[C@H]2C1)c1ccccc1. The number of rotatable bonds is 2. The van der Waals surface area contributed by atoms with Crippen molar-refractivity contribution in [2.45, 2.75) is 18.9 Å². The van der Waals surface area contributed by atoms with E-state index in [4.69, 9.17) is 4.84 Å². The van der Waals surface area contributed by atoms with E-state index in [1.54, 1.807) is 17.2 Å². The molecule has 0 aromatic heterocycles. The van der Waals surface area contributed by atoms with Crippen LogP contribution in [0.4, 0.5) is 0 Å². The van der Waals surface area contributed by atoms with Crippen molar-refractivity contribution in [2.24, 2.45) is 11.8 Å². The van der Waals surface area contributed by atoms with Gasteiger partial charge in [0.1, 0.15) is 0 Å². The average Bonchev–Trinajstić information content (AvgIpc) is 2.86. The van der Waals surface area contributed by atoms with Gasteiger partial charge in [0, 0.05) is 13.1 Å². The molecule has 3 rings (SSSR count). The largest absolute Gasteiger partial charge is 0.393 e. The fourth-order valence-electron chi connectivity index (χ4n) is 3.04. The predicted molar refractivity (Wildman–Crippen MR) is 65.7 cm³/mol. The minimum atomic E-state index is -0.295. The first kappa shape index (κ1) is 11.7. The van der Waals surface area contributed by atoms with Gasteiger partial charge in [0.2, 0.25) is 0 Å². The Kier molecular flexibility index (Phi) is 3.06. The van der Waals surface area contributed by atoms with Gasteiger partial charge >= 0.3 is 5.97 Å². The van der Waals surface area contributed by atoms with E-state index < -0.39 is 0 Å². The van der Waals surface area contributed by atoms with Crippen LogP contribution in [0.1, 0.15) is 23.2 Å². The third-order valence-electron chi connectivity index (χ3n) is 3.91. The molecule has 0 amide bonds. The summed E-state index contributed by atoms with van der Waals surface area (Å²) in [6.45, 7) is 1.50. The highest BCUT2D eigenvalue weighted by Gasteiger charge is 2.41. The zero-order chi connectivity index (χ0) is 12.5. The van der Waals surface area contributed by atoms with Crippen LogP contribution in [0.2, 0.25) is 0 Å². The van der Waals surface area contributed by atoms with Gasteiger partial charge in [-0.25, -0.2) is 4.79 Å². The van der Waals surface area contributed by atoms with Crippen LogP contribution in [0.3, 0.4) is 0 Å². The number of carbonyl (C=O) groups excluding carboxylic acids is 1. The molecule has 0 bridgehead atoms. The molecule has 1 aromatic carbocycles. The Morgan fingerprint density at radius 1 is 1.17 bits per heavy atom. The molecule has 0 radical (unpaired) electrons. The Labute approximate surface area is 106 Å². The Morgan fingerprint density at radius 3 is 2.39 bits per heavy atom. The molecule has 1 aliphatic heterocycles. The molecule has 4 nitrogen and oxygen atoms in total. The summed E-state index contributed by atoms with van der Waals surface area (Å²) in [5, 5.41) is 11.3. The molecule has 1 saturated heterocycles. The second kappa shape index (κ2) is 4.71. The molecule has 18 heavy (non-hydrogen) atoms. The van der Waals surface area contributed by atoms with Crippen molar-refractivity contribution < 1.29 is 14.7 Å². The molecular weight excluding hydrogens is 230 g/mol. The Hall–Kier alpha value is -1.39. The number of fused-ring (bicyclic) bond motifs is 1. The summed E-state index contributed by atoms with van der Waals surface area (Å²) >= 11 is 0. The van der Waals surface area contributed by atoms with Crippen molar-refractivity contribution >= 4 is 5.97 Å². The van der Waals surface area contributed by atoms with Gasteiger partial charge in [-0.05, 0) is 36.8 Å². The molecule has 1 heterocycles. The van der Waals surface area contributed by atoms with E-state index in [0.717, 1.165) is 25.9 Å². The zero-order valence-electron chi connectivity index (χ0n) is 10.2. The number of nitrogens with zero attached hydrogens (tertiary/aromatic N) is 1. The molecular formula is C14H17NO3. The first-order valence-corrected chi connectivity index (χ1v) is 6.42. The van der Waals surface area contributed by atoms with Crippen molar-refractivity contribution in [3.05, 3.63) is 35.9 Å². The van der Waals surface area contributed by atoms with E-state index in [9.17, 15) is 9.90 Å². The first-order valence-electron chi connectivity index (χ1n) is 6.42. The van der Waals surface area contributed by atoms with E-state index in [2.05, 4.69) is 0 Å². The molecule has 0 spiro atoms. The van der Waals surface area contributed by atoms with Gasteiger partial charge in [-0.15, -0.1) is 5.06 Å². The maximum absolute atomic E-state index is 11.9. The van der Waals surface area contributed by atoms with Crippen LogP contribution in [0.5, 0.6) is 0 Å². The van der Waals surface area contributed by atoms with Crippen molar-refractivity contribution in [1.82, 2.24) is 5.06 Å². The van der Waals surface area contributed by atoms with E-state index in [1.165, 1.54) is 0 Å². The van der Waals surface area contributed by atoms with E-state index >= 15 is 0 Å². The summed E-state index contributed by atoms with van der Waals surface area (Å²) in [6.07, 6.45) is 1.51. The molecule has 3 atom stereocenters. The predicted octanol–water partition coefficient (Wildman–Crippen LogP) is 1.46. The summed E-state index contributed by atoms with van der Waals surface area (Å²) in [4.78, 5) is 17.3. The minimum Gasteiger partial charge on any atom is -0.393 e. The molecule has 2 aliphatic rings. The Bertz CT molecular complexity index is 420. The number of aliphatic hydroxyl groups is 1. The highest BCUT2D eigenvalue weighted by Crippen LogP contribution is 2.38. The van der Waals surface area contributed by atoms with Gasteiger partial charge in [-0.3, -0.25) is 0 Å². The number of carbonyl (C=O) groups is 1. The molecule has 96 valence electrons. The molecule has 1 saturated carbocycles. The van der Waals surface area contributed by atoms with E-state index in [-0.39, 0.29) is 12.1 Å². The van der Waals surface area contributed by atoms with Crippen molar-refractivity contribution in [3.8, 4) is 0 Å². The van der Waals surface area contributed by atoms with Crippen LogP contribution >= 0.6 is 0 Å². The quantitative estimate of drug-likeness (QED) is 0.859. The van der Waals surface area contributed by atoms with Crippen LogP contribution < -0.4 is 0 Å². The topological polar surface area (TPSA) is 49.8 Å².